The fraction of sp³-hybridized carbons (Fsp3) is 0.286. The molecule has 0 aromatic carbocycles. The Kier molecular flexibility index (Phi) is 3.45. The standard InChI is InChI=1S/C7H6Cl2N2O2/c1-2-13-7(12)6-10-3-4(8)5(9)11-6/h3H,2H2,1H3. The molecule has 0 saturated carbocycles. The molecular formula is C7H6Cl2N2O2. The summed E-state index contributed by atoms with van der Waals surface area (Å²) in [5.41, 5.74) is 0. The molecular weight excluding hydrogens is 215 g/mol. The summed E-state index contributed by atoms with van der Waals surface area (Å²) in [6, 6.07) is 0. The number of hydrogen-bond acceptors (Lipinski definition) is 4. The van der Waals surface area contributed by atoms with Crippen LogP contribution in [0.4, 0.5) is 0 Å². The Morgan fingerprint density at radius 3 is 2.85 bits per heavy atom. The van der Waals surface area contributed by atoms with Crippen molar-refractivity contribution in [1.82, 2.24) is 9.97 Å². The van der Waals surface area contributed by atoms with Gasteiger partial charge in [0, 0.05) is 0 Å². The van der Waals surface area contributed by atoms with Crippen molar-refractivity contribution in [2.75, 3.05) is 6.61 Å². The van der Waals surface area contributed by atoms with Crippen molar-refractivity contribution in [2.24, 2.45) is 0 Å². The zero-order valence-electron chi connectivity index (χ0n) is 6.75. The molecule has 1 aromatic rings. The minimum Gasteiger partial charge on any atom is -0.460 e. The third-order valence-electron chi connectivity index (χ3n) is 1.16. The summed E-state index contributed by atoms with van der Waals surface area (Å²) in [7, 11) is 0. The van der Waals surface area contributed by atoms with Crippen LogP contribution in [0.2, 0.25) is 10.2 Å². The second-order valence-corrected chi connectivity index (χ2v) is 2.82. The number of ether oxygens (including phenoxy) is 1. The Labute approximate surface area is 84.8 Å². The smallest absolute Gasteiger partial charge is 0.376 e. The van der Waals surface area contributed by atoms with E-state index in [0.29, 0.717) is 0 Å². The van der Waals surface area contributed by atoms with Gasteiger partial charge in [-0.15, -0.1) is 0 Å². The first-order valence-electron chi connectivity index (χ1n) is 3.50. The van der Waals surface area contributed by atoms with E-state index in [1.54, 1.807) is 6.92 Å². The molecule has 0 amide bonds. The quantitative estimate of drug-likeness (QED) is 0.565. The van der Waals surface area contributed by atoms with E-state index in [4.69, 9.17) is 23.2 Å². The number of carbonyl (C=O) groups is 1. The number of carbonyl (C=O) groups excluding carboxylic acids is 1. The highest BCUT2D eigenvalue weighted by molar-refractivity contribution is 6.41. The van der Waals surface area contributed by atoms with E-state index in [1.807, 2.05) is 0 Å². The zero-order chi connectivity index (χ0) is 9.84. The SMILES string of the molecule is CCOC(=O)c1ncc(Cl)c(Cl)n1. The van der Waals surface area contributed by atoms with E-state index in [0.717, 1.165) is 0 Å². The Hall–Kier alpha value is -0.870. The van der Waals surface area contributed by atoms with Crippen LogP contribution in [0.1, 0.15) is 17.5 Å². The average Bonchev–Trinajstić information content (AvgIpc) is 2.10. The van der Waals surface area contributed by atoms with E-state index in [-0.39, 0.29) is 22.6 Å². The predicted molar refractivity (Wildman–Crippen MR) is 48.0 cm³/mol. The molecule has 13 heavy (non-hydrogen) atoms. The molecule has 1 aromatic heterocycles. The topological polar surface area (TPSA) is 52.1 Å². The maximum Gasteiger partial charge on any atom is 0.376 e. The Balaban J connectivity index is 2.90. The first-order chi connectivity index (χ1) is 6.15. The van der Waals surface area contributed by atoms with Crippen LogP contribution in [0.25, 0.3) is 0 Å². The van der Waals surface area contributed by atoms with Gasteiger partial charge >= 0.3 is 5.97 Å². The highest BCUT2D eigenvalue weighted by Gasteiger charge is 2.11. The van der Waals surface area contributed by atoms with Crippen molar-refractivity contribution in [3.05, 3.63) is 22.2 Å². The molecule has 1 rings (SSSR count). The number of halogens is 2. The van der Waals surface area contributed by atoms with Gasteiger partial charge in [0.25, 0.3) is 0 Å². The van der Waals surface area contributed by atoms with E-state index in [2.05, 4.69) is 14.7 Å². The van der Waals surface area contributed by atoms with Crippen LogP contribution in [0.15, 0.2) is 6.20 Å². The van der Waals surface area contributed by atoms with Gasteiger partial charge in [0.2, 0.25) is 5.82 Å². The summed E-state index contributed by atoms with van der Waals surface area (Å²) in [5, 5.41) is 0.245. The number of rotatable bonds is 2. The number of aromatic nitrogens is 2. The van der Waals surface area contributed by atoms with Crippen LogP contribution >= 0.6 is 23.2 Å². The lowest BCUT2D eigenvalue weighted by atomic mass is 10.5. The Morgan fingerprint density at radius 2 is 2.31 bits per heavy atom. The van der Waals surface area contributed by atoms with E-state index < -0.39 is 5.97 Å². The second-order valence-electron chi connectivity index (χ2n) is 2.05. The van der Waals surface area contributed by atoms with Gasteiger partial charge in [0.15, 0.2) is 5.15 Å². The van der Waals surface area contributed by atoms with Crippen molar-refractivity contribution < 1.29 is 9.53 Å². The van der Waals surface area contributed by atoms with Crippen LogP contribution in [0, 0.1) is 0 Å². The molecule has 0 spiro atoms. The molecule has 70 valence electrons. The van der Waals surface area contributed by atoms with Gasteiger partial charge in [-0.1, -0.05) is 23.2 Å². The molecule has 0 unspecified atom stereocenters. The largest absolute Gasteiger partial charge is 0.460 e. The second kappa shape index (κ2) is 4.39. The molecule has 0 aliphatic carbocycles. The minimum absolute atomic E-state index is 0.0414. The zero-order valence-corrected chi connectivity index (χ0v) is 8.26. The number of nitrogens with zero attached hydrogens (tertiary/aromatic N) is 2. The van der Waals surface area contributed by atoms with E-state index in [1.165, 1.54) is 6.20 Å². The maximum atomic E-state index is 11.1. The lowest BCUT2D eigenvalue weighted by molar-refractivity contribution is 0.0512. The molecule has 1 heterocycles. The van der Waals surface area contributed by atoms with E-state index >= 15 is 0 Å². The predicted octanol–water partition coefficient (Wildman–Crippen LogP) is 1.96. The van der Waals surface area contributed by atoms with Crippen molar-refractivity contribution in [3.63, 3.8) is 0 Å². The molecule has 0 fully saturated rings. The molecule has 0 aliphatic rings. The highest BCUT2D eigenvalue weighted by Crippen LogP contribution is 2.17. The van der Waals surface area contributed by atoms with Gasteiger partial charge in [0.05, 0.1) is 17.8 Å². The Bertz CT molecular complexity index is 330. The van der Waals surface area contributed by atoms with Crippen molar-refractivity contribution in [1.29, 1.82) is 0 Å². The monoisotopic (exact) mass is 220 g/mol. The third kappa shape index (κ3) is 2.54. The van der Waals surface area contributed by atoms with Crippen LogP contribution in [0.3, 0.4) is 0 Å². The average molecular weight is 221 g/mol. The molecule has 0 atom stereocenters. The summed E-state index contributed by atoms with van der Waals surface area (Å²) in [5.74, 6) is -0.697. The van der Waals surface area contributed by atoms with Crippen LogP contribution in [-0.2, 0) is 4.74 Å². The fourth-order valence-corrected chi connectivity index (χ4v) is 0.860. The first-order valence-corrected chi connectivity index (χ1v) is 4.26. The third-order valence-corrected chi connectivity index (χ3v) is 1.82. The molecule has 0 bridgehead atoms. The molecule has 0 saturated heterocycles. The van der Waals surface area contributed by atoms with Gasteiger partial charge in [-0.2, -0.15) is 0 Å². The normalized spacial score (nSPS) is 9.77. The van der Waals surface area contributed by atoms with E-state index in [9.17, 15) is 4.79 Å². The molecule has 6 heteroatoms. The first kappa shape index (κ1) is 10.2. The molecule has 4 nitrogen and oxygen atoms in total. The molecule has 0 aliphatic heterocycles. The summed E-state index contributed by atoms with van der Waals surface area (Å²) < 4.78 is 4.66. The summed E-state index contributed by atoms with van der Waals surface area (Å²) in [6.07, 6.45) is 1.25. The lowest BCUT2D eigenvalue weighted by Gasteiger charge is -2.00. The molecule has 0 N–H and O–H groups in total. The summed E-state index contributed by atoms with van der Waals surface area (Å²) >= 11 is 11.1. The van der Waals surface area contributed by atoms with Crippen molar-refractivity contribution >= 4 is 29.2 Å². The van der Waals surface area contributed by atoms with Gasteiger partial charge < -0.3 is 4.74 Å². The minimum atomic E-state index is -0.610. The van der Waals surface area contributed by atoms with Crippen LogP contribution in [0.5, 0.6) is 0 Å². The maximum absolute atomic E-state index is 11.1. The van der Waals surface area contributed by atoms with Gasteiger partial charge in [-0.05, 0) is 6.92 Å². The Morgan fingerprint density at radius 1 is 1.62 bits per heavy atom. The van der Waals surface area contributed by atoms with Gasteiger partial charge in [-0.25, -0.2) is 14.8 Å². The fourth-order valence-electron chi connectivity index (χ4n) is 0.640. The van der Waals surface area contributed by atoms with Crippen molar-refractivity contribution in [3.8, 4) is 0 Å². The lowest BCUT2D eigenvalue weighted by Crippen LogP contribution is -2.09. The van der Waals surface area contributed by atoms with Gasteiger partial charge in [0.1, 0.15) is 0 Å². The highest BCUT2D eigenvalue weighted by atomic mass is 35.5. The summed E-state index contributed by atoms with van der Waals surface area (Å²) in [4.78, 5) is 18.4. The van der Waals surface area contributed by atoms with Crippen LogP contribution in [-0.4, -0.2) is 22.5 Å². The number of esters is 1. The molecule has 0 radical (unpaired) electrons. The van der Waals surface area contributed by atoms with Gasteiger partial charge in [-0.3, -0.25) is 0 Å². The van der Waals surface area contributed by atoms with Crippen molar-refractivity contribution in [2.45, 2.75) is 6.92 Å². The summed E-state index contributed by atoms with van der Waals surface area (Å²) in [6.45, 7) is 1.96. The number of hydrogen-bond donors (Lipinski definition) is 0. The van der Waals surface area contributed by atoms with Crippen LogP contribution < -0.4 is 0 Å².